The number of hydrogen-bond acceptors (Lipinski definition) is 7. The second kappa shape index (κ2) is 8.16. The zero-order valence-electron chi connectivity index (χ0n) is 17.0. The third-order valence-corrected chi connectivity index (χ3v) is 6.76. The second-order valence-electron chi connectivity index (χ2n) is 7.40. The summed E-state index contributed by atoms with van der Waals surface area (Å²) in [5.41, 5.74) is 1.64. The first-order chi connectivity index (χ1) is 15.2. The Kier molecular flexibility index (Phi) is 5.21. The number of rotatable bonds is 5. The van der Waals surface area contributed by atoms with Crippen LogP contribution in [0.25, 0.3) is 4.96 Å². The molecule has 3 heterocycles. The lowest BCUT2D eigenvalue weighted by atomic mass is 10.0. The fourth-order valence-electron chi connectivity index (χ4n) is 4.14. The van der Waals surface area contributed by atoms with Gasteiger partial charge in [-0.1, -0.05) is 35.6 Å². The topological polar surface area (TPSA) is 66.1 Å². The molecule has 0 amide bonds. The molecule has 4 aromatic rings. The first-order valence-corrected chi connectivity index (χ1v) is 10.9. The number of methoxy groups -OCH3 is 1. The summed E-state index contributed by atoms with van der Waals surface area (Å²) in [7, 11) is 1.64. The number of benzene rings is 2. The Bertz CT molecular complexity index is 1200. The van der Waals surface area contributed by atoms with Crippen molar-refractivity contribution in [2.24, 2.45) is 0 Å². The van der Waals surface area contributed by atoms with Crippen LogP contribution in [0.4, 0.5) is 10.1 Å². The van der Waals surface area contributed by atoms with E-state index in [0.717, 1.165) is 16.2 Å². The molecule has 1 fully saturated rings. The summed E-state index contributed by atoms with van der Waals surface area (Å²) in [5.74, 6) is 0.650. The third kappa shape index (κ3) is 3.60. The molecule has 31 heavy (non-hydrogen) atoms. The van der Waals surface area contributed by atoms with Crippen molar-refractivity contribution in [3.05, 3.63) is 71.1 Å². The number of hydrogen-bond donors (Lipinski definition) is 1. The number of ether oxygens (including phenoxy) is 1. The van der Waals surface area contributed by atoms with Gasteiger partial charge in [-0.2, -0.15) is 9.61 Å². The van der Waals surface area contributed by atoms with Crippen molar-refractivity contribution in [3.8, 4) is 11.6 Å². The lowest BCUT2D eigenvalue weighted by Crippen LogP contribution is -2.48. The van der Waals surface area contributed by atoms with Crippen molar-refractivity contribution in [1.82, 2.24) is 19.5 Å². The summed E-state index contributed by atoms with van der Waals surface area (Å²) in [6.07, 6.45) is 1.43. The van der Waals surface area contributed by atoms with Gasteiger partial charge < -0.3 is 14.7 Å². The molecule has 2 aromatic carbocycles. The molecular formula is C22H22FN5O2S. The Balaban J connectivity index is 1.48. The van der Waals surface area contributed by atoms with Gasteiger partial charge in [0.25, 0.3) is 0 Å². The SMILES string of the molecule is COc1cccc([C@@H](c2sc3ncnn3c2O)N2CCN(c3ccccc3F)CC2)c1. The van der Waals surface area contributed by atoms with E-state index >= 15 is 0 Å². The monoisotopic (exact) mass is 439 g/mol. The standard InChI is InChI=1S/C22H22FN5O2S/c1-30-16-6-4-5-15(13-16)19(20-21(29)28-22(31-20)24-14-25-28)27-11-9-26(10-12-27)18-8-3-2-7-17(18)23/h2-8,13-14,19,29H,9-12H2,1H3/t19-/m0/s1. The minimum absolute atomic E-state index is 0.0989. The van der Waals surface area contributed by atoms with Crippen LogP contribution in [0.5, 0.6) is 11.6 Å². The summed E-state index contributed by atoms with van der Waals surface area (Å²) in [6.45, 7) is 2.79. The van der Waals surface area contributed by atoms with E-state index in [1.165, 1.54) is 28.2 Å². The molecule has 1 aliphatic heterocycles. The molecule has 1 aliphatic rings. The molecule has 0 spiro atoms. The maximum Gasteiger partial charge on any atom is 0.230 e. The van der Waals surface area contributed by atoms with Gasteiger partial charge in [0, 0.05) is 26.2 Å². The number of anilines is 1. The highest BCUT2D eigenvalue weighted by Gasteiger charge is 2.32. The first kappa shape index (κ1) is 19.8. The third-order valence-electron chi connectivity index (χ3n) is 5.67. The van der Waals surface area contributed by atoms with Crippen LogP contribution in [-0.4, -0.2) is 57.9 Å². The van der Waals surface area contributed by atoms with Gasteiger partial charge in [0.15, 0.2) is 0 Å². The number of thiazole rings is 1. The van der Waals surface area contributed by atoms with Crippen molar-refractivity contribution in [3.63, 3.8) is 0 Å². The zero-order valence-corrected chi connectivity index (χ0v) is 17.8. The van der Waals surface area contributed by atoms with Gasteiger partial charge >= 0.3 is 0 Å². The van der Waals surface area contributed by atoms with Gasteiger partial charge in [-0.05, 0) is 29.8 Å². The van der Waals surface area contributed by atoms with Gasteiger partial charge in [-0.15, -0.1) is 0 Å². The van der Waals surface area contributed by atoms with Gasteiger partial charge in [-0.3, -0.25) is 4.90 Å². The average Bonchev–Trinajstić information content (AvgIpc) is 3.38. The maximum atomic E-state index is 14.3. The van der Waals surface area contributed by atoms with E-state index in [0.29, 0.717) is 36.8 Å². The van der Waals surface area contributed by atoms with Crippen LogP contribution in [-0.2, 0) is 0 Å². The lowest BCUT2D eigenvalue weighted by Gasteiger charge is -2.40. The van der Waals surface area contributed by atoms with Crippen LogP contribution in [0.2, 0.25) is 0 Å². The zero-order chi connectivity index (χ0) is 21.4. The van der Waals surface area contributed by atoms with E-state index in [1.807, 2.05) is 36.4 Å². The second-order valence-corrected chi connectivity index (χ2v) is 8.41. The highest BCUT2D eigenvalue weighted by molar-refractivity contribution is 7.17. The van der Waals surface area contributed by atoms with E-state index in [4.69, 9.17) is 4.74 Å². The minimum atomic E-state index is -0.205. The number of piperazine rings is 1. The van der Waals surface area contributed by atoms with Crippen molar-refractivity contribution in [2.45, 2.75) is 6.04 Å². The molecule has 9 heteroatoms. The molecule has 0 aliphatic carbocycles. The van der Waals surface area contributed by atoms with E-state index in [2.05, 4.69) is 19.9 Å². The molecule has 1 saturated heterocycles. The Morgan fingerprint density at radius 2 is 1.90 bits per heavy atom. The Hall–Kier alpha value is -3.17. The summed E-state index contributed by atoms with van der Waals surface area (Å²) in [6, 6.07) is 14.6. The molecule has 2 aromatic heterocycles. The fourth-order valence-corrected chi connectivity index (χ4v) is 5.23. The Labute approximate surface area is 182 Å². The highest BCUT2D eigenvalue weighted by Crippen LogP contribution is 2.41. The Morgan fingerprint density at radius 3 is 2.65 bits per heavy atom. The van der Waals surface area contributed by atoms with E-state index in [1.54, 1.807) is 13.2 Å². The van der Waals surface area contributed by atoms with Gasteiger partial charge in [0.2, 0.25) is 10.8 Å². The van der Waals surface area contributed by atoms with E-state index in [9.17, 15) is 9.50 Å². The molecule has 1 N–H and O–H groups in total. The normalized spacial score (nSPS) is 16.0. The highest BCUT2D eigenvalue weighted by atomic mass is 32.1. The molecule has 0 radical (unpaired) electrons. The van der Waals surface area contributed by atoms with Crippen LogP contribution >= 0.6 is 11.3 Å². The van der Waals surface area contributed by atoms with Crippen molar-refractivity contribution in [1.29, 1.82) is 0 Å². The predicted octanol–water partition coefficient (Wildman–Crippen LogP) is 3.56. The van der Waals surface area contributed by atoms with Crippen LogP contribution in [0, 0.1) is 5.82 Å². The quantitative estimate of drug-likeness (QED) is 0.513. The fraction of sp³-hybridized carbons (Fsp3) is 0.273. The Morgan fingerprint density at radius 1 is 1.10 bits per heavy atom. The number of aromatic nitrogens is 3. The molecule has 0 saturated carbocycles. The number of halogens is 1. The van der Waals surface area contributed by atoms with E-state index in [-0.39, 0.29) is 17.7 Å². The summed E-state index contributed by atoms with van der Waals surface area (Å²) in [4.78, 5) is 10.0. The predicted molar refractivity (Wildman–Crippen MR) is 118 cm³/mol. The largest absolute Gasteiger partial charge is 0.497 e. The molecule has 1 atom stereocenters. The van der Waals surface area contributed by atoms with Gasteiger partial charge in [0.05, 0.1) is 23.7 Å². The molecule has 160 valence electrons. The minimum Gasteiger partial charge on any atom is -0.497 e. The average molecular weight is 440 g/mol. The summed E-state index contributed by atoms with van der Waals surface area (Å²) < 4.78 is 21.2. The van der Waals surface area contributed by atoms with Gasteiger partial charge in [-0.25, -0.2) is 9.37 Å². The van der Waals surface area contributed by atoms with Crippen molar-refractivity contribution < 1.29 is 14.2 Å². The van der Waals surface area contributed by atoms with Gasteiger partial charge in [0.1, 0.15) is 17.9 Å². The smallest absolute Gasteiger partial charge is 0.230 e. The van der Waals surface area contributed by atoms with Crippen LogP contribution in [0.1, 0.15) is 16.5 Å². The van der Waals surface area contributed by atoms with Crippen LogP contribution in [0.15, 0.2) is 54.9 Å². The number of nitrogens with zero attached hydrogens (tertiary/aromatic N) is 5. The molecule has 0 unspecified atom stereocenters. The molecule has 7 nitrogen and oxygen atoms in total. The number of para-hydroxylation sites is 1. The lowest BCUT2D eigenvalue weighted by molar-refractivity contribution is 0.210. The number of fused-ring (bicyclic) bond motifs is 1. The number of aromatic hydroxyl groups is 1. The first-order valence-electron chi connectivity index (χ1n) is 10.0. The molecule has 0 bridgehead atoms. The van der Waals surface area contributed by atoms with E-state index < -0.39 is 0 Å². The van der Waals surface area contributed by atoms with Crippen molar-refractivity contribution >= 4 is 22.0 Å². The molecular weight excluding hydrogens is 417 g/mol. The van der Waals surface area contributed by atoms with Crippen molar-refractivity contribution in [2.75, 3.05) is 38.2 Å². The van der Waals surface area contributed by atoms with Crippen LogP contribution < -0.4 is 9.64 Å². The maximum absolute atomic E-state index is 14.3. The summed E-state index contributed by atoms with van der Waals surface area (Å²) in [5, 5.41) is 15.0. The summed E-state index contributed by atoms with van der Waals surface area (Å²) >= 11 is 1.42. The molecule has 5 rings (SSSR count). The van der Waals surface area contributed by atoms with Crippen LogP contribution in [0.3, 0.4) is 0 Å².